The quantitative estimate of drug-likeness (QED) is 0.391. The van der Waals surface area contributed by atoms with E-state index in [-0.39, 0.29) is 29.5 Å². The lowest BCUT2D eigenvalue weighted by atomic mass is 9.81. The van der Waals surface area contributed by atoms with Crippen LogP contribution in [0.3, 0.4) is 0 Å². The molecule has 28 heavy (non-hydrogen) atoms. The van der Waals surface area contributed by atoms with E-state index in [2.05, 4.69) is 71.5 Å². The molecule has 5 nitrogen and oxygen atoms in total. The fourth-order valence-electron chi connectivity index (χ4n) is 4.64. The van der Waals surface area contributed by atoms with E-state index >= 15 is 0 Å². The Bertz CT molecular complexity index is 616. The summed E-state index contributed by atoms with van der Waals surface area (Å²) < 4.78 is 5.60. The highest BCUT2D eigenvalue weighted by Crippen LogP contribution is 2.32. The third kappa shape index (κ3) is 5.39. The van der Waals surface area contributed by atoms with E-state index in [1.54, 1.807) is 0 Å². The van der Waals surface area contributed by atoms with Crippen molar-refractivity contribution in [3.63, 3.8) is 0 Å². The first-order valence-electron chi connectivity index (χ1n) is 10.3. The van der Waals surface area contributed by atoms with Crippen LogP contribution < -0.4 is 5.32 Å². The van der Waals surface area contributed by atoms with E-state index in [1.807, 2.05) is 7.05 Å². The number of likely N-dealkylation sites (N-methyl/N-ethyl adjacent to an activating group) is 1. The maximum absolute atomic E-state index is 5.60. The number of hydrogen-bond acceptors (Lipinski definition) is 3. The van der Waals surface area contributed by atoms with Gasteiger partial charge in [-0.05, 0) is 50.8 Å². The predicted molar refractivity (Wildman–Crippen MR) is 128 cm³/mol. The van der Waals surface area contributed by atoms with E-state index in [0.29, 0.717) is 11.8 Å². The topological polar surface area (TPSA) is 40.1 Å². The lowest BCUT2D eigenvalue weighted by Gasteiger charge is -2.44. The summed E-state index contributed by atoms with van der Waals surface area (Å²) in [5, 5.41) is 3.68. The van der Waals surface area contributed by atoms with Crippen molar-refractivity contribution in [2.24, 2.45) is 10.9 Å². The molecular weight excluding hydrogens is 463 g/mol. The number of aliphatic imine (C=N–C) groups is 1. The summed E-state index contributed by atoms with van der Waals surface area (Å²) in [5.41, 5.74) is 1.63. The molecular formula is C22H37IN4O. The van der Waals surface area contributed by atoms with Crippen LogP contribution in [-0.2, 0) is 4.74 Å². The second-order valence-corrected chi connectivity index (χ2v) is 8.36. The molecule has 0 saturated carbocycles. The van der Waals surface area contributed by atoms with Gasteiger partial charge in [0.25, 0.3) is 0 Å². The molecule has 0 aliphatic carbocycles. The summed E-state index contributed by atoms with van der Waals surface area (Å²) >= 11 is 0. The Morgan fingerprint density at radius 1 is 1.25 bits per heavy atom. The predicted octanol–water partition coefficient (Wildman–Crippen LogP) is 3.42. The summed E-state index contributed by atoms with van der Waals surface area (Å²) in [6, 6.07) is 11.0. The highest BCUT2D eigenvalue weighted by molar-refractivity contribution is 14.0. The molecule has 6 heteroatoms. The number of nitrogens with one attached hydrogen (secondary N) is 1. The number of hydrogen-bond donors (Lipinski definition) is 1. The van der Waals surface area contributed by atoms with Gasteiger partial charge >= 0.3 is 0 Å². The molecule has 1 aromatic carbocycles. The Labute approximate surface area is 187 Å². The number of nitrogens with zero attached hydrogens (tertiary/aromatic N) is 3. The van der Waals surface area contributed by atoms with Gasteiger partial charge in [-0.2, -0.15) is 0 Å². The highest BCUT2D eigenvalue weighted by Gasteiger charge is 2.36. The van der Waals surface area contributed by atoms with Crippen molar-refractivity contribution >= 4 is 29.9 Å². The minimum Gasteiger partial charge on any atom is -0.381 e. The minimum absolute atomic E-state index is 0. The monoisotopic (exact) mass is 500 g/mol. The Balaban J connectivity index is 0.00000280. The first kappa shape index (κ1) is 23.4. The van der Waals surface area contributed by atoms with Crippen LogP contribution in [0, 0.1) is 5.92 Å². The van der Waals surface area contributed by atoms with Gasteiger partial charge in [-0.25, -0.2) is 0 Å². The van der Waals surface area contributed by atoms with Gasteiger partial charge < -0.3 is 19.9 Å². The van der Waals surface area contributed by atoms with Crippen molar-refractivity contribution < 1.29 is 4.74 Å². The van der Waals surface area contributed by atoms with Gasteiger partial charge in [-0.1, -0.05) is 37.3 Å². The van der Waals surface area contributed by atoms with Gasteiger partial charge in [-0.15, -0.1) is 24.0 Å². The lowest BCUT2D eigenvalue weighted by molar-refractivity contribution is -0.00534. The normalized spacial score (nSPS) is 25.3. The summed E-state index contributed by atoms with van der Waals surface area (Å²) in [5.74, 6) is 2.30. The summed E-state index contributed by atoms with van der Waals surface area (Å²) in [6.07, 6.45) is 3.31. The molecule has 0 aromatic heterocycles. The van der Waals surface area contributed by atoms with Gasteiger partial charge in [0.1, 0.15) is 0 Å². The average molecular weight is 500 g/mol. The third-order valence-corrected chi connectivity index (χ3v) is 6.59. The minimum atomic E-state index is 0. The van der Waals surface area contributed by atoms with Crippen molar-refractivity contribution in [1.82, 2.24) is 15.1 Å². The van der Waals surface area contributed by atoms with E-state index in [9.17, 15) is 0 Å². The first-order chi connectivity index (χ1) is 13.1. The molecule has 2 atom stereocenters. The number of likely N-dealkylation sites (tertiary alicyclic amines) is 1. The van der Waals surface area contributed by atoms with Gasteiger partial charge in [0.15, 0.2) is 5.96 Å². The van der Waals surface area contributed by atoms with Gasteiger partial charge in [0, 0.05) is 45.4 Å². The van der Waals surface area contributed by atoms with Crippen LogP contribution in [0.1, 0.15) is 37.7 Å². The van der Waals surface area contributed by atoms with Crippen molar-refractivity contribution in [2.75, 3.05) is 54.0 Å². The molecule has 2 unspecified atom stereocenters. The van der Waals surface area contributed by atoms with Crippen LogP contribution in [-0.4, -0.2) is 75.3 Å². The van der Waals surface area contributed by atoms with E-state index in [0.717, 1.165) is 51.6 Å². The number of rotatable bonds is 4. The number of benzene rings is 1. The summed E-state index contributed by atoms with van der Waals surface area (Å²) in [7, 11) is 6.27. The number of piperidine rings is 1. The smallest absolute Gasteiger partial charge is 0.193 e. The molecule has 0 spiro atoms. The van der Waals surface area contributed by atoms with Crippen molar-refractivity contribution in [3.8, 4) is 0 Å². The highest BCUT2D eigenvalue weighted by atomic mass is 127. The molecule has 0 radical (unpaired) electrons. The zero-order chi connectivity index (χ0) is 19.3. The molecule has 1 N–H and O–H groups in total. The van der Waals surface area contributed by atoms with Crippen molar-refractivity contribution in [1.29, 1.82) is 0 Å². The van der Waals surface area contributed by atoms with Crippen LogP contribution in [0.25, 0.3) is 0 Å². The second kappa shape index (κ2) is 10.8. The number of guanidine groups is 1. The van der Waals surface area contributed by atoms with Crippen LogP contribution in [0.15, 0.2) is 35.3 Å². The van der Waals surface area contributed by atoms with Gasteiger partial charge in [0.2, 0.25) is 0 Å². The zero-order valence-corrected chi connectivity index (χ0v) is 20.2. The first-order valence-corrected chi connectivity index (χ1v) is 10.3. The third-order valence-electron chi connectivity index (χ3n) is 6.59. The van der Waals surface area contributed by atoms with Crippen LogP contribution in [0.4, 0.5) is 0 Å². The molecule has 3 rings (SSSR count). The molecule has 0 bridgehead atoms. The van der Waals surface area contributed by atoms with Crippen LogP contribution >= 0.6 is 24.0 Å². The van der Waals surface area contributed by atoms with Crippen LogP contribution in [0.2, 0.25) is 0 Å². The molecule has 2 aliphatic heterocycles. The Morgan fingerprint density at radius 3 is 2.50 bits per heavy atom. The Kier molecular flexibility index (Phi) is 9.02. The second-order valence-electron chi connectivity index (χ2n) is 8.36. The number of ether oxygens (including phenoxy) is 1. The van der Waals surface area contributed by atoms with Crippen LogP contribution in [0.5, 0.6) is 0 Å². The molecule has 1 aromatic rings. The largest absolute Gasteiger partial charge is 0.381 e. The summed E-state index contributed by atoms with van der Waals surface area (Å²) in [4.78, 5) is 9.40. The Hall–Kier alpha value is -0.860. The van der Waals surface area contributed by atoms with Crippen molar-refractivity contribution in [3.05, 3.63) is 35.9 Å². The molecule has 0 amide bonds. The zero-order valence-electron chi connectivity index (χ0n) is 17.9. The van der Waals surface area contributed by atoms with Gasteiger partial charge in [-0.3, -0.25) is 4.99 Å². The number of halogens is 1. The SMILES string of the molecule is CN=C(NCC1(N(C)C)CCOCC1)N1CCC(c2ccccc2)C(C)C1.I. The van der Waals surface area contributed by atoms with Crippen molar-refractivity contribution in [2.45, 2.75) is 37.6 Å². The molecule has 158 valence electrons. The fourth-order valence-corrected chi connectivity index (χ4v) is 4.64. The average Bonchev–Trinajstić information content (AvgIpc) is 2.70. The Morgan fingerprint density at radius 2 is 1.93 bits per heavy atom. The molecule has 2 heterocycles. The molecule has 2 saturated heterocycles. The maximum Gasteiger partial charge on any atom is 0.193 e. The van der Waals surface area contributed by atoms with Gasteiger partial charge in [0.05, 0.1) is 0 Å². The standard InChI is InChI=1S/C22H36N4O.HI/c1-18-16-26(13-10-20(18)19-8-6-5-7-9-19)21(23-2)24-17-22(25(3)4)11-14-27-15-12-22;/h5-9,18,20H,10-17H2,1-4H3,(H,23,24);1H. The fraction of sp³-hybridized carbons (Fsp3) is 0.682. The van der Waals surface area contributed by atoms with E-state index in [1.165, 1.54) is 12.0 Å². The van der Waals surface area contributed by atoms with E-state index in [4.69, 9.17) is 4.74 Å². The summed E-state index contributed by atoms with van der Waals surface area (Å²) in [6.45, 7) is 7.09. The molecule has 2 fully saturated rings. The van der Waals surface area contributed by atoms with E-state index < -0.39 is 0 Å². The maximum atomic E-state index is 5.60. The molecule has 2 aliphatic rings. The lowest BCUT2D eigenvalue weighted by Crippen LogP contribution is -2.58.